The van der Waals surface area contributed by atoms with Gasteiger partial charge in [-0.15, -0.1) is 0 Å². The van der Waals surface area contributed by atoms with Gasteiger partial charge in [-0.05, 0) is 50.6 Å². The second-order valence-electron chi connectivity index (χ2n) is 4.91. The Morgan fingerprint density at radius 2 is 2.00 bits per heavy atom. The van der Waals surface area contributed by atoms with Gasteiger partial charge in [0, 0.05) is 0 Å². The number of hydrogen-bond acceptors (Lipinski definition) is 1. The highest BCUT2D eigenvalue weighted by molar-refractivity contribution is 5.12. The maximum absolute atomic E-state index is 3.46. The quantitative estimate of drug-likeness (QED) is 0.610. The van der Waals surface area contributed by atoms with Crippen molar-refractivity contribution in [2.45, 2.75) is 45.4 Å². The van der Waals surface area contributed by atoms with Crippen LogP contribution in [0.2, 0.25) is 0 Å². The molecule has 0 bridgehead atoms. The molecule has 1 N–H and O–H groups in total. The molecule has 1 aliphatic carbocycles. The molecule has 2 fully saturated rings. The average Bonchev–Trinajstić information content (AvgIpc) is 2.30. The van der Waals surface area contributed by atoms with Gasteiger partial charge in [-0.1, -0.05) is 25.0 Å². The lowest BCUT2D eigenvalue weighted by Crippen LogP contribution is -2.23. The van der Waals surface area contributed by atoms with Crippen LogP contribution >= 0.6 is 0 Å². The first kappa shape index (κ1) is 9.26. The lowest BCUT2D eigenvalue weighted by molar-refractivity contribution is 0.231. The molecule has 2 rings (SSSR count). The summed E-state index contributed by atoms with van der Waals surface area (Å²) in [6, 6.07) is 0. The van der Waals surface area contributed by atoms with Crippen molar-refractivity contribution in [2.24, 2.45) is 5.41 Å². The number of nitrogens with one attached hydrogen (secondary N) is 1. The van der Waals surface area contributed by atoms with Gasteiger partial charge in [-0.2, -0.15) is 0 Å². The third-order valence-electron chi connectivity index (χ3n) is 3.52. The Labute approximate surface area is 81.6 Å². The highest BCUT2D eigenvalue weighted by Gasteiger charge is 2.29. The van der Waals surface area contributed by atoms with Crippen LogP contribution in [0.5, 0.6) is 0 Å². The average molecular weight is 179 g/mol. The summed E-state index contributed by atoms with van der Waals surface area (Å²) < 4.78 is 0. The Morgan fingerprint density at radius 3 is 2.69 bits per heavy atom. The maximum Gasteiger partial charge on any atom is -0.00116 e. The van der Waals surface area contributed by atoms with Crippen molar-refractivity contribution in [2.75, 3.05) is 13.1 Å². The van der Waals surface area contributed by atoms with Gasteiger partial charge in [0.05, 0.1) is 0 Å². The molecule has 0 radical (unpaired) electrons. The molecule has 0 spiro atoms. The van der Waals surface area contributed by atoms with Crippen LogP contribution < -0.4 is 5.32 Å². The van der Waals surface area contributed by atoms with Gasteiger partial charge < -0.3 is 5.32 Å². The molecular weight excluding hydrogens is 158 g/mol. The van der Waals surface area contributed by atoms with Gasteiger partial charge in [-0.3, -0.25) is 0 Å². The molecule has 0 aromatic heterocycles. The van der Waals surface area contributed by atoms with E-state index in [0.29, 0.717) is 5.41 Å². The molecule has 1 heterocycles. The van der Waals surface area contributed by atoms with Crippen LogP contribution in [0.4, 0.5) is 0 Å². The first-order valence-corrected chi connectivity index (χ1v) is 5.70. The molecule has 0 unspecified atom stereocenters. The van der Waals surface area contributed by atoms with E-state index in [4.69, 9.17) is 0 Å². The van der Waals surface area contributed by atoms with Crippen molar-refractivity contribution in [1.82, 2.24) is 5.32 Å². The highest BCUT2D eigenvalue weighted by atomic mass is 14.8. The topological polar surface area (TPSA) is 12.0 Å². The number of hydrogen-bond donors (Lipinski definition) is 1. The van der Waals surface area contributed by atoms with Crippen molar-refractivity contribution in [3.63, 3.8) is 0 Å². The molecule has 0 amide bonds. The highest BCUT2D eigenvalue weighted by Crippen LogP contribution is 2.43. The minimum atomic E-state index is 0.583. The Morgan fingerprint density at radius 1 is 1.15 bits per heavy atom. The molecule has 0 aromatic carbocycles. The van der Waals surface area contributed by atoms with Gasteiger partial charge in [0.1, 0.15) is 0 Å². The van der Waals surface area contributed by atoms with Crippen molar-refractivity contribution >= 4 is 0 Å². The molecule has 0 aromatic rings. The molecule has 13 heavy (non-hydrogen) atoms. The van der Waals surface area contributed by atoms with E-state index >= 15 is 0 Å². The SMILES string of the molecule is CC1(/C=C2/CCCNCC2)CCC1. The summed E-state index contributed by atoms with van der Waals surface area (Å²) >= 11 is 0. The zero-order valence-electron chi connectivity index (χ0n) is 8.73. The second kappa shape index (κ2) is 3.83. The van der Waals surface area contributed by atoms with Crippen LogP contribution in [-0.4, -0.2) is 13.1 Å². The Balaban J connectivity index is 1.96. The zero-order valence-corrected chi connectivity index (χ0v) is 8.73. The van der Waals surface area contributed by atoms with Crippen molar-refractivity contribution < 1.29 is 0 Å². The van der Waals surface area contributed by atoms with Crippen LogP contribution in [0.3, 0.4) is 0 Å². The smallest absolute Gasteiger partial charge is 0.00116 e. The van der Waals surface area contributed by atoms with E-state index in [1.54, 1.807) is 5.57 Å². The molecule has 1 saturated heterocycles. The monoisotopic (exact) mass is 179 g/mol. The molecule has 1 saturated carbocycles. The van der Waals surface area contributed by atoms with E-state index in [-0.39, 0.29) is 0 Å². The first-order chi connectivity index (χ1) is 6.29. The second-order valence-corrected chi connectivity index (χ2v) is 4.91. The number of rotatable bonds is 1. The molecule has 1 aliphatic heterocycles. The van der Waals surface area contributed by atoms with Crippen LogP contribution in [0.15, 0.2) is 11.6 Å². The van der Waals surface area contributed by atoms with E-state index < -0.39 is 0 Å². The Hall–Kier alpha value is -0.300. The molecule has 2 aliphatic rings. The van der Waals surface area contributed by atoms with Gasteiger partial charge in [0.15, 0.2) is 0 Å². The maximum atomic E-state index is 3.46. The fourth-order valence-corrected chi connectivity index (χ4v) is 2.46. The molecule has 0 atom stereocenters. The Kier molecular flexibility index (Phi) is 2.73. The van der Waals surface area contributed by atoms with E-state index in [1.165, 1.54) is 51.6 Å². The van der Waals surface area contributed by atoms with Gasteiger partial charge in [-0.25, -0.2) is 0 Å². The summed E-state index contributed by atoms with van der Waals surface area (Å²) in [5.74, 6) is 0. The minimum absolute atomic E-state index is 0.583. The lowest BCUT2D eigenvalue weighted by atomic mass is 9.69. The predicted molar refractivity (Wildman–Crippen MR) is 56.8 cm³/mol. The first-order valence-electron chi connectivity index (χ1n) is 5.70. The molecular formula is C12H21N. The van der Waals surface area contributed by atoms with Gasteiger partial charge >= 0.3 is 0 Å². The van der Waals surface area contributed by atoms with E-state index in [0.717, 1.165) is 0 Å². The fraction of sp³-hybridized carbons (Fsp3) is 0.833. The minimum Gasteiger partial charge on any atom is -0.316 e. The zero-order chi connectivity index (χ0) is 9.15. The van der Waals surface area contributed by atoms with Crippen molar-refractivity contribution in [3.8, 4) is 0 Å². The van der Waals surface area contributed by atoms with Crippen molar-refractivity contribution in [3.05, 3.63) is 11.6 Å². The van der Waals surface area contributed by atoms with Crippen molar-refractivity contribution in [1.29, 1.82) is 0 Å². The van der Waals surface area contributed by atoms with E-state index in [2.05, 4.69) is 18.3 Å². The third kappa shape index (κ3) is 2.34. The fourth-order valence-electron chi connectivity index (χ4n) is 2.46. The molecule has 74 valence electrons. The third-order valence-corrected chi connectivity index (χ3v) is 3.52. The van der Waals surface area contributed by atoms with Crippen LogP contribution in [0.1, 0.15) is 45.4 Å². The molecule has 1 nitrogen and oxygen atoms in total. The lowest BCUT2D eigenvalue weighted by Gasteiger charge is -2.36. The summed E-state index contributed by atoms with van der Waals surface area (Å²) in [5.41, 5.74) is 2.30. The normalized spacial score (nSPS) is 31.0. The summed E-state index contributed by atoms with van der Waals surface area (Å²) in [6.07, 6.45) is 10.8. The van der Waals surface area contributed by atoms with Crippen LogP contribution in [0, 0.1) is 5.41 Å². The van der Waals surface area contributed by atoms with E-state index in [1.807, 2.05) is 0 Å². The van der Waals surface area contributed by atoms with E-state index in [9.17, 15) is 0 Å². The summed E-state index contributed by atoms with van der Waals surface area (Å²) in [5, 5.41) is 3.46. The largest absolute Gasteiger partial charge is 0.316 e. The molecule has 1 heteroatoms. The predicted octanol–water partition coefficient (Wildman–Crippen LogP) is 2.88. The van der Waals surface area contributed by atoms with Crippen LogP contribution in [-0.2, 0) is 0 Å². The number of allylic oxidation sites excluding steroid dienone is 1. The van der Waals surface area contributed by atoms with Crippen LogP contribution in [0.25, 0.3) is 0 Å². The Bertz CT molecular complexity index is 191. The van der Waals surface area contributed by atoms with Gasteiger partial charge in [0.2, 0.25) is 0 Å². The van der Waals surface area contributed by atoms with Gasteiger partial charge in [0.25, 0.3) is 0 Å². The summed E-state index contributed by atoms with van der Waals surface area (Å²) in [7, 11) is 0. The standard InChI is InChI=1S/C12H21N/c1-12(6-3-7-12)10-11-4-2-8-13-9-5-11/h10,13H,2-9H2,1H3/b11-10-. The summed E-state index contributed by atoms with van der Waals surface area (Å²) in [4.78, 5) is 0. The summed E-state index contributed by atoms with van der Waals surface area (Å²) in [6.45, 7) is 4.83.